The number of nitrogens with zero attached hydrogens (tertiary/aromatic N) is 1. The number of amides is 1. The average Bonchev–Trinajstić information content (AvgIpc) is 3.44. The number of rotatable bonds is 9. The predicted molar refractivity (Wildman–Crippen MR) is 196 cm³/mol. The summed E-state index contributed by atoms with van der Waals surface area (Å²) in [5.41, 5.74) is 1.17. The van der Waals surface area contributed by atoms with E-state index in [2.05, 4.69) is 58.4 Å². The highest BCUT2D eigenvalue weighted by molar-refractivity contribution is 5.84. The third-order valence-electron chi connectivity index (χ3n) is 16.3. The van der Waals surface area contributed by atoms with Gasteiger partial charge in [-0.05, 0) is 155 Å². The lowest BCUT2D eigenvalue weighted by molar-refractivity contribution is -0.249. The zero-order valence-corrected chi connectivity index (χ0v) is 32.2. The Balaban J connectivity index is 1.23. The van der Waals surface area contributed by atoms with Crippen molar-refractivity contribution in [1.82, 2.24) is 10.3 Å². The number of carboxylic acid groups (broad SMARTS) is 1. The number of carbonyl (C=O) groups is 3. The second-order valence-electron chi connectivity index (χ2n) is 19.4. The van der Waals surface area contributed by atoms with Gasteiger partial charge in [0.05, 0.1) is 17.3 Å². The zero-order valence-electron chi connectivity index (χ0n) is 32.2. The molecule has 0 bridgehead atoms. The molecule has 1 unspecified atom stereocenters. The minimum Gasteiger partial charge on any atom is -0.481 e. The number of esters is 1. The molecule has 5 fully saturated rings. The molecule has 7 nitrogen and oxygen atoms in total. The fourth-order valence-corrected chi connectivity index (χ4v) is 13.4. The maximum absolute atomic E-state index is 14.4. The van der Waals surface area contributed by atoms with E-state index in [1.807, 2.05) is 24.5 Å². The molecule has 10 atom stereocenters. The molecule has 6 rings (SSSR count). The van der Waals surface area contributed by atoms with Crippen LogP contribution in [0.4, 0.5) is 0 Å². The van der Waals surface area contributed by atoms with Gasteiger partial charge < -0.3 is 15.2 Å². The number of fused-ring (bicyclic) bond motifs is 7. The van der Waals surface area contributed by atoms with Crippen molar-refractivity contribution in [2.24, 2.45) is 62.1 Å². The Labute approximate surface area is 301 Å². The van der Waals surface area contributed by atoms with Gasteiger partial charge in [-0.3, -0.25) is 19.4 Å². The number of hydrogen-bond acceptors (Lipinski definition) is 5. The minimum atomic E-state index is -1.15. The van der Waals surface area contributed by atoms with Crippen LogP contribution in [0.3, 0.4) is 0 Å². The molecule has 0 aliphatic heterocycles. The lowest BCUT2D eigenvalue weighted by Gasteiger charge is -2.72. The predicted octanol–water partition coefficient (Wildman–Crippen LogP) is 8.81. The van der Waals surface area contributed by atoms with Crippen molar-refractivity contribution in [3.63, 3.8) is 0 Å². The lowest BCUT2D eigenvalue weighted by atomic mass is 9.32. The Bertz CT molecular complexity index is 1500. The van der Waals surface area contributed by atoms with E-state index in [9.17, 15) is 19.5 Å². The lowest BCUT2D eigenvalue weighted by Crippen LogP contribution is -2.67. The summed E-state index contributed by atoms with van der Waals surface area (Å²) >= 11 is 0. The molecule has 5 aliphatic carbocycles. The number of ether oxygens (including phenoxy) is 1. The second kappa shape index (κ2) is 12.8. The number of hydrogen-bond donors (Lipinski definition) is 2. The van der Waals surface area contributed by atoms with E-state index in [1.165, 1.54) is 17.6 Å². The molecule has 0 radical (unpaired) electrons. The fourth-order valence-electron chi connectivity index (χ4n) is 13.4. The van der Waals surface area contributed by atoms with E-state index in [-0.39, 0.29) is 45.5 Å². The molecule has 50 heavy (non-hydrogen) atoms. The van der Waals surface area contributed by atoms with Gasteiger partial charge in [-0.25, -0.2) is 0 Å². The van der Waals surface area contributed by atoms with Gasteiger partial charge in [0.15, 0.2) is 0 Å². The SMILES string of the molecule is C=C(C)[C@@H]1CC[C@]2(C(=O)NCCc3ccncc3)CC[C@]3(C)[C@H](CC[C@@H]4[C@@]5(C)CC[C@H](OC(=O)CC(C)(C)C(=O)O)C(C)(C)[C@@H]5CC[C@]43C)C12. The summed E-state index contributed by atoms with van der Waals surface area (Å²) in [6.07, 6.45) is 14.6. The second-order valence-corrected chi connectivity index (χ2v) is 19.4. The van der Waals surface area contributed by atoms with Gasteiger partial charge in [0.25, 0.3) is 0 Å². The van der Waals surface area contributed by atoms with Crippen molar-refractivity contribution < 1.29 is 24.2 Å². The molecular weight excluding hydrogens is 624 g/mol. The summed E-state index contributed by atoms with van der Waals surface area (Å²) in [5, 5.41) is 13.0. The van der Waals surface area contributed by atoms with Crippen LogP contribution in [0.2, 0.25) is 0 Å². The molecule has 1 aromatic heterocycles. The molecule has 7 heteroatoms. The number of allylic oxidation sites excluding steroid dienone is 1. The van der Waals surface area contributed by atoms with Crippen LogP contribution in [0.5, 0.6) is 0 Å². The van der Waals surface area contributed by atoms with Crippen molar-refractivity contribution in [1.29, 1.82) is 0 Å². The van der Waals surface area contributed by atoms with Crippen LogP contribution in [-0.2, 0) is 25.5 Å². The van der Waals surface area contributed by atoms with Crippen molar-refractivity contribution in [2.75, 3.05) is 6.54 Å². The van der Waals surface area contributed by atoms with E-state index in [0.717, 1.165) is 64.2 Å². The van der Waals surface area contributed by atoms with Crippen LogP contribution in [-0.4, -0.2) is 40.6 Å². The van der Waals surface area contributed by atoms with Crippen LogP contribution in [0.25, 0.3) is 0 Å². The number of carboxylic acids is 1. The number of pyridine rings is 1. The minimum absolute atomic E-state index is 0.117. The Hall–Kier alpha value is -2.70. The highest BCUT2D eigenvalue weighted by Gasteiger charge is 2.72. The van der Waals surface area contributed by atoms with Gasteiger partial charge in [-0.1, -0.05) is 46.8 Å². The first-order chi connectivity index (χ1) is 23.3. The molecule has 0 spiro atoms. The van der Waals surface area contributed by atoms with E-state index < -0.39 is 17.4 Å². The Morgan fingerprint density at radius 2 is 1.62 bits per heavy atom. The van der Waals surface area contributed by atoms with Crippen LogP contribution in [0.15, 0.2) is 36.7 Å². The molecule has 0 aromatic carbocycles. The first-order valence-electron chi connectivity index (χ1n) is 19.6. The van der Waals surface area contributed by atoms with E-state index in [4.69, 9.17) is 4.74 Å². The Kier molecular flexibility index (Phi) is 9.46. The summed E-state index contributed by atoms with van der Waals surface area (Å²) in [6.45, 7) is 22.9. The van der Waals surface area contributed by atoms with E-state index in [1.54, 1.807) is 13.8 Å². The molecule has 1 amide bonds. The van der Waals surface area contributed by atoms with Gasteiger partial charge in [0, 0.05) is 24.4 Å². The average molecular weight is 689 g/mol. The van der Waals surface area contributed by atoms with Gasteiger partial charge in [-0.2, -0.15) is 0 Å². The van der Waals surface area contributed by atoms with E-state index in [0.29, 0.717) is 36.1 Å². The summed E-state index contributed by atoms with van der Waals surface area (Å²) < 4.78 is 6.17. The van der Waals surface area contributed by atoms with Crippen LogP contribution >= 0.6 is 0 Å². The number of aliphatic carboxylic acids is 1. The van der Waals surface area contributed by atoms with Crippen molar-refractivity contribution in [3.8, 4) is 0 Å². The normalized spacial score (nSPS) is 40.3. The molecule has 2 N–H and O–H groups in total. The molecule has 5 aliphatic rings. The van der Waals surface area contributed by atoms with E-state index >= 15 is 0 Å². The summed E-state index contributed by atoms with van der Waals surface area (Å²) in [4.78, 5) is 43.3. The Morgan fingerprint density at radius 3 is 2.28 bits per heavy atom. The highest BCUT2D eigenvalue weighted by atomic mass is 16.5. The number of nitrogens with one attached hydrogen (secondary N) is 1. The van der Waals surface area contributed by atoms with Gasteiger partial charge in [0.1, 0.15) is 6.10 Å². The first kappa shape index (κ1) is 37.1. The van der Waals surface area contributed by atoms with Gasteiger partial charge >= 0.3 is 11.9 Å². The first-order valence-corrected chi connectivity index (χ1v) is 19.6. The van der Waals surface area contributed by atoms with Crippen molar-refractivity contribution in [3.05, 3.63) is 42.2 Å². The molecular formula is C43H64N2O5. The van der Waals surface area contributed by atoms with Gasteiger partial charge in [0.2, 0.25) is 5.91 Å². The monoisotopic (exact) mass is 688 g/mol. The molecule has 5 saturated carbocycles. The van der Waals surface area contributed by atoms with Crippen molar-refractivity contribution in [2.45, 2.75) is 139 Å². The third-order valence-corrected chi connectivity index (χ3v) is 16.3. The smallest absolute Gasteiger partial charge is 0.309 e. The molecule has 276 valence electrons. The zero-order chi connectivity index (χ0) is 36.5. The van der Waals surface area contributed by atoms with Crippen LogP contribution < -0.4 is 5.32 Å². The largest absolute Gasteiger partial charge is 0.481 e. The summed E-state index contributed by atoms with van der Waals surface area (Å²) in [5.74, 6) is 1.05. The third kappa shape index (κ3) is 5.66. The standard InChI is InChI=1S/C43H64N2O5/c1-27(2)29-12-20-43(36(47)45-25-17-28-15-23-44-24-16-28)22-21-41(8)30(35(29)43)10-11-32-40(7)18-14-33(50-34(46)26-38(3,4)37(48)49)39(5,6)31(40)13-19-42(32,41)9/h15-16,23-24,29-33,35H,1,10-14,17-22,25-26H2,2-9H3,(H,45,47)(H,48,49)/t29-,30+,31-,32+,33-,35?,40-,41+,42+,43-/m0/s1. The summed E-state index contributed by atoms with van der Waals surface area (Å²) in [7, 11) is 0. The van der Waals surface area contributed by atoms with Gasteiger partial charge in [-0.15, -0.1) is 0 Å². The van der Waals surface area contributed by atoms with Crippen LogP contribution in [0, 0.1) is 62.1 Å². The maximum Gasteiger partial charge on any atom is 0.309 e. The number of carbonyl (C=O) groups excluding carboxylic acids is 2. The molecule has 0 saturated heterocycles. The van der Waals surface area contributed by atoms with Crippen molar-refractivity contribution >= 4 is 17.8 Å². The molecule has 1 aromatic rings. The molecule has 1 heterocycles. The quantitative estimate of drug-likeness (QED) is 0.199. The fraction of sp³-hybridized carbons (Fsp3) is 0.767. The highest BCUT2D eigenvalue weighted by Crippen LogP contribution is 2.77. The summed E-state index contributed by atoms with van der Waals surface area (Å²) in [6, 6.07) is 4.06. The Morgan fingerprint density at radius 1 is 0.920 bits per heavy atom. The van der Waals surface area contributed by atoms with Crippen LogP contribution in [0.1, 0.15) is 132 Å². The number of aromatic nitrogens is 1. The maximum atomic E-state index is 14.4. The topological polar surface area (TPSA) is 106 Å².